The quantitative estimate of drug-likeness (QED) is 0.843. The molecule has 1 aliphatic rings. The van der Waals surface area contributed by atoms with Crippen molar-refractivity contribution in [3.8, 4) is 0 Å². The van der Waals surface area contributed by atoms with Crippen molar-refractivity contribution in [3.05, 3.63) is 36.0 Å². The van der Waals surface area contributed by atoms with E-state index in [1.807, 2.05) is 46.8 Å². The molecule has 0 saturated carbocycles. The van der Waals surface area contributed by atoms with Gasteiger partial charge in [0.15, 0.2) is 0 Å². The molecule has 2 aromatic rings. The number of aryl methyl sites for hydroxylation is 1. The summed E-state index contributed by atoms with van der Waals surface area (Å²) in [7, 11) is 1.96. The SMILES string of the molecule is C[C@@H]1CNCCN1C(=O)c1cc2ccccc2n1C. The number of benzene rings is 1. The van der Waals surface area contributed by atoms with Crippen LogP contribution in [0.15, 0.2) is 30.3 Å². The van der Waals surface area contributed by atoms with Crippen molar-refractivity contribution in [3.63, 3.8) is 0 Å². The van der Waals surface area contributed by atoms with E-state index in [2.05, 4.69) is 12.2 Å². The number of hydrogen-bond acceptors (Lipinski definition) is 2. The van der Waals surface area contributed by atoms with Crippen LogP contribution >= 0.6 is 0 Å². The minimum atomic E-state index is 0.132. The van der Waals surface area contributed by atoms with Gasteiger partial charge in [0.1, 0.15) is 5.69 Å². The van der Waals surface area contributed by atoms with Crippen molar-refractivity contribution in [1.82, 2.24) is 14.8 Å². The van der Waals surface area contributed by atoms with Crippen molar-refractivity contribution in [2.75, 3.05) is 19.6 Å². The molecular formula is C15H19N3O. The fourth-order valence-electron chi connectivity index (χ4n) is 2.78. The molecular weight excluding hydrogens is 238 g/mol. The lowest BCUT2D eigenvalue weighted by Gasteiger charge is -2.34. The van der Waals surface area contributed by atoms with Crippen LogP contribution in [0.5, 0.6) is 0 Å². The summed E-state index contributed by atoms with van der Waals surface area (Å²) in [5, 5.41) is 4.43. The van der Waals surface area contributed by atoms with Gasteiger partial charge in [0.25, 0.3) is 5.91 Å². The summed E-state index contributed by atoms with van der Waals surface area (Å²) in [5.74, 6) is 0.132. The van der Waals surface area contributed by atoms with E-state index in [1.54, 1.807) is 0 Å². The van der Waals surface area contributed by atoms with Gasteiger partial charge in [0.2, 0.25) is 0 Å². The van der Waals surface area contributed by atoms with E-state index in [0.29, 0.717) is 0 Å². The summed E-state index contributed by atoms with van der Waals surface area (Å²) >= 11 is 0. The summed E-state index contributed by atoms with van der Waals surface area (Å²) in [6, 6.07) is 10.3. The average Bonchev–Trinajstić information content (AvgIpc) is 2.77. The Morgan fingerprint density at radius 3 is 2.89 bits per heavy atom. The molecule has 1 atom stereocenters. The van der Waals surface area contributed by atoms with E-state index in [0.717, 1.165) is 36.2 Å². The van der Waals surface area contributed by atoms with Crippen molar-refractivity contribution in [1.29, 1.82) is 0 Å². The molecule has 1 N–H and O–H groups in total. The highest BCUT2D eigenvalue weighted by Gasteiger charge is 2.26. The van der Waals surface area contributed by atoms with E-state index in [4.69, 9.17) is 0 Å². The van der Waals surface area contributed by atoms with Crippen LogP contribution in [0.1, 0.15) is 17.4 Å². The Bertz CT molecular complexity index is 617. The number of hydrogen-bond donors (Lipinski definition) is 1. The first-order chi connectivity index (χ1) is 9.18. The average molecular weight is 257 g/mol. The normalized spacial score (nSPS) is 19.9. The summed E-state index contributed by atoms with van der Waals surface area (Å²) in [4.78, 5) is 14.6. The molecule has 0 spiro atoms. The molecule has 3 rings (SSSR count). The van der Waals surface area contributed by atoms with E-state index >= 15 is 0 Å². The Morgan fingerprint density at radius 1 is 1.37 bits per heavy atom. The van der Waals surface area contributed by atoms with E-state index in [9.17, 15) is 4.79 Å². The van der Waals surface area contributed by atoms with Gasteiger partial charge in [0.05, 0.1) is 0 Å². The Labute approximate surface area is 113 Å². The second-order valence-corrected chi connectivity index (χ2v) is 5.20. The van der Waals surface area contributed by atoms with Gasteiger partial charge in [-0.05, 0) is 19.1 Å². The number of nitrogens with one attached hydrogen (secondary N) is 1. The van der Waals surface area contributed by atoms with Gasteiger partial charge in [-0.3, -0.25) is 4.79 Å². The Kier molecular flexibility index (Phi) is 3.03. The predicted octanol–water partition coefficient (Wildman–Crippen LogP) is 1.61. The molecule has 0 radical (unpaired) electrons. The Hall–Kier alpha value is -1.81. The second-order valence-electron chi connectivity index (χ2n) is 5.20. The first kappa shape index (κ1) is 12.2. The highest BCUT2D eigenvalue weighted by molar-refractivity contribution is 5.98. The Morgan fingerprint density at radius 2 is 2.16 bits per heavy atom. The molecule has 19 heavy (non-hydrogen) atoms. The van der Waals surface area contributed by atoms with Crippen molar-refractivity contribution < 1.29 is 4.79 Å². The lowest BCUT2D eigenvalue weighted by molar-refractivity contribution is 0.0646. The lowest BCUT2D eigenvalue weighted by Crippen LogP contribution is -2.52. The van der Waals surface area contributed by atoms with Crippen molar-refractivity contribution in [2.45, 2.75) is 13.0 Å². The second kappa shape index (κ2) is 4.70. The number of amides is 1. The first-order valence-corrected chi connectivity index (χ1v) is 6.74. The number of fused-ring (bicyclic) bond motifs is 1. The molecule has 4 nitrogen and oxygen atoms in total. The maximum absolute atomic E-state index is 12.7. The fourth-order valence-corrected chi connectivity index (χ4v) is 2.78. The van der Waals surface area contributed by atoms with Crippen LogP contribution in [0.3, 0.4) is 0 Å². The molecule has 1 aliphatic heterocycles. The predicted molar refractivity (Wildman–Crippen MR) is 76.3 cm³/mol. The third-order valence-corrected chi connectivity index (χ3v) is 3.93. The molecule has 0 bridgehead atoms. The summed E-state index contributed by atoms with van der Waals surface area (Å²) in [6.07, 6.45) is 0. The molecule has 100 valence electrons. The zero-order valence-corrected chi connectivity index (χ0v) is 11.4. The molecule has 0 unspecified atom stereocenters. The van der Waals surface area contributed by atoms with Gasteiger partial charge in [-0.1, -0.05) is 18.2 Å². The number of carbonyl (C=O) groups excluding carboxylic acids is 1. The maximum atomic E-state index is 12.7. The third kappa shape index (κ3) is 2.02. The van der Waals surface area contributed by atoms with Crippen molar-refractivity contribution in [2.24, 2.45) is 7.05 Å². The monoisotopic (exact) mass is 257 g/mol. The summed E-state index contributed by atoms with van der Waals surface area (Å²) in [6.45, 7) is 4.62. The largest absolute Gasteiger partial charge is 0.340 e. The first-order valence-electron chi connectivity index (χ1n) is 6.74. The van der Waals surface area contributed by atoms with Gasteiger partial charge in [-0.25, -0.2) is 0 Å². The smallest absolute Gasteiger partial charge is 0.270 e. The van der Waals surface area contributed by atoms with Gasteiger partial charge in [0, 0.05) is 43.6 Å². The topological polar surface area (TPSA) is 37.3 Å². The third-order valence-electron chi connectivity index (χ3n) is 3.93. The van der Waals surface area contributed by atoms with Crippen LogP contribution in [0, 0.1) is 0 Å². The molecule has 2 heterocycles. The lowest BCUT2D eigenvalue weighted by atomic mass is 10.2. The summed E-state index contributed by atoms with van der Waals surface area (Å²) in [5.41, 5.74) is 1.88. The molecule has 1 aromatic carbocycles. The van der Waals surface area contributed by atoms with Gasteiger partial charge in [-0.15, -0.1) is 0 Å². The van der Waals surface area contributed by atoms with Crippen LogP contribution in [-0.4, -0.2) is 41.1 Å². The molecule has 1 amide bonds. The van der Waals surface area contributed by atoms with Gasteiger partial charge < -0.3 is 14.8 Å². The minimum Gasteiger partial charge on any atom is -0.340 e. The highest BCUT2D eigenvalue weighted by atomic mass is 16.2. The van der Waals surface area contributed by atoms with Crippen LogP contribution in [-0.2, 0) is 7.05 Å². The number of para-hydroxylation sites is 1. The van der Waals surface area contributed by atoms with Crippen LogP contribution < -0.4 is 5.32 Å². The molecule has 0 aliphatic carbocycles. The zero-order chi connectivity index (χ0) is 13.4. The maximum Gasteiger partial charge on any atom is 0.270 e. The Balaban J connectivity index is 1.99. The standard InChI is InChI=1S/C15H19N3O/c1-11-10-16-7-8-18(11)15(19)14-9-12-5-3-4-6-13(12)17(14)2/h3-6,9,11,16H,7-8,10H2,1-2H3/t11-/m1/s1. The van der Waals surface area contributed by atoms with Crippen LogP contribution in [0.2, 0.25) is 0 Å². The van der Waals surface area contributed by atoms with E-state index in [-0.39, 0.29) is 11.9 Å². The summed E-state index contributed by atoms with van der Waals surface area (Å²) < 4.78 is 1.99. The number of piperazine rings is 1. The van der Waals surface area contributed by atoms with Crippen LogP contribution in [0.4, 0.5) is 0 Å². The van der Waals surface area contributed by atoms with E-state index in [1.165, 1.54) is 0 Å². The molecule has 1 saturated heterocycles. The minimum absolute atomic E-state index is 0.132. The van der Waals surface area contributed by atoms with Gasteiger partial charge >= 0.3 is 0 Å². The zero-order valence-electron chi connectivity index (χ0n) is 11.4. The van der Waals surface area contributed by atoms with Crippen molar-refractivity contribution >= 4 is 16.8 Å². The molecule has 4 heteroatoms. The molecule has 1 fully saturated rings. The molecule has 1 aromatic heterocycles. The highest BCUT2D eigenvalue weighted by Crippen LogP contribution is 2.20. The fraction of sp³-hybridized carbons (Fsp3) is 0.400. The van der Waals surface area contributed by atoms with Crippen LogP contribution in [0.25, 0.3) is 10.9 Å². The number of nitrogens with zero attached hydrogens (tertiary/aromatic N) is 2. The number of aromatic nitrogens is 1. The number of rotatable bonds is 1. The van der Waals surface area contributed by atoms with Gasteiger partial charge in [-0.2, -0.15) is 0 Å². The number of carbonyl (C=O) groups is 1. The van der Waals surface area contributed by atoms with E-state index < -0.39 is 0 Å².